The van der Waals surface area contributed by atoms with Crippen LogP contribution in [0, 0.1) is 0 Å². The molecule has 0 spiro atoms. The van der Waals surface area contributed by atoms with Crippen molar-refractivity contribution in [3.05, 3.63) is 52.7 Å². The number of nitrogens with one attached hydrogen (secondary N) is 2. The van der Waals surface area contributed by atoms with Crippen molar-refractivity contribution in [2.75, 3.05) is 31.1 Å². The smallest absolute Gasteiger partial charge is 0.250 e. The zero-order chi connectivity index (χ0) is 19.6. The molecule has 2 aliphatic heterocycles. The quantitative estimate of drug-likeness (QED) is 0.663. The van der Waals surface area contributed by atoms with E-state index in [4.69, 9.17) is 0 Å². The zero-order valence-corrected chi connectivity index (χ0v) is 16.6. The molecule has 2 fully saturated rings. The number of hydrazine groups is 1. The molecule has 5 rings (SSSR count). The lowest BCUT2D eigenvalue weighted by Crippen LogP contribution is -2.54. The van der Waals surface area contributed by atoms with Gasteiger partial charge in [0.05, 0.1) is 11.7 Å². The first kappa shape index (κ1) is 18.2. The highest BCUT2D eigenvalue weighted by Crippen LogP contribution is 2.27. The van der Waals surface area contributed by atoms with Crippen molar-refractivity contribution in [1.82, 2.24) is 36.0 Å². The Morgan fingerprint density at radius 2 is 1.86 bits per heavy atom. The van der Waals surface area contributed by atoms with E-state index in [1.54, 1.807) is 16.0 Å². The number of piperazine rings is 1. The molecule has 0 radical (unpaired) electrons. The summed E-state index contributed by atoms with van der Waals surface area (Å²) < 4.78 is 1.74. The Kier molecular flexibility index (Phi) is 4.96. The standard InChI is InChI=1S/C19H22N8OS/c28-18(16-13-15(20-21-16)17-7-4-12-29-17)25-8-10-26(11-9-25)19-22-23-24-27(19)14-5-2-1-3-6-14/h1-7,12,15-16,20-21H,8-11,13H2. The number of nitrogens with zero attached hydrogens (tertiary/aromatic N) is 6. The van der Waals surface area contributed by atoms with Crippen LogP contribution in [-0.2, 0) is 4.79 Å². The van der Waals surface area contributed by atoms with Crippen LogP contribution < -0.4 is 15.8 Å². The lowest BCUT2D eigenvalue weighted by atomic mass is 10.1. The van der Waals surface area contributed by atoms with Gasteiger partial charge in [-0.2, -0.15) is 4.68 Å². The molecular formula is C19H22N8OS. The highest BCUT2D eigenvalue weighted by Gasteiger charge is 2.35. The molecule has 2 aromatic heterocycles. The Balaban J connectivity index is 1.21. The largest absolute Gasteiger partial charge is 0.338 e. The zero-order valence-electron chi connectivity index (χ0n) is 15.8. The molecule has 0 bridgehead atoms. The molecule has 1 aromatic carbocycles. The van der Waals surface area contributed by atoms with Crippen molar-refractivity contribution >= 4 is 23.2 Å². The number of hydrogen-bond acceptors (Lipinski definition) is 8. The molecule has 2 atom stereocenters. The van der Waals surface area contributed by atoms with Crippen LogP contribution in [0.4, 0.5) is 5.95 Å². The maximum Gasteiger partial charge on any atom is 0.250 e. The van der Waals surface area contributed by atoms with Crippen LogP contribution in [0.2, 0.25) is 0 Å². The summed E-state index contributed by atoms with van der Waals surface area (Å²) in [7, 11) is 0. The number of hydrogen-bond donors (Lipinski definition) is 2. The lowest BCUT2D eigenvalue weighted by molar-refractivity contribution is -0.133. The molecule has 3 aromatic rings. The summed E-state index contributed by atoms with van der Waals surface area (Å²) in [6.45, 7) is 2.71. The molecule has 1 amide bonds. The van der Waals surface area contributed by atoms with E-state index in [1.165, 1.54) is 4.88 Å². The van der Waals surface area contributed by atoms with Gasteiger partial charge >= 0.3 is 0 Å². The minimum absolute atomic E-state index is 0.152. The Hall–Kier alpha value is -2.82. The number of amides is 1. The van der Waals surface area contributed by atoms with Gasteiger partial charge in [0, 0.05) is 31.1 Å². The number of carbonyl (C=O) groups is 1. The van der Waals surface area contributed by atoms with Gasteiger partial charge in [-0.3, -0.25) is 4.79 Å². The first-order valence-electron chi connectivity index (χ1n) is 9.71. The fourth-order valence-corrected chi connectivity index (χ4v) is 4.65. The number of rotatable bonds is 4. The van der Waals surface area contributed by atoms with Gasteiger partial charge in [-0.15, -0.1) is 11.3 Å². The molecule has 29 heavy (non-hydrogen) atoms. The molecule has 2 N–H and O–H groups in total. The first-order valence-corrected chi connectivity index (χ1v) is 10.6. The highest BCUT2D eigenvalue weighted by atomic mass is 32.1. The van der Waals surface area contributed by atoms with Crippen LogP contribution in [-0.4, -0.2) is 63.2 Å². The fraction of sp³-hybridized carbons (Fsp3) is 0.368. The second-order valence-electron chi connectivity index (χ2n) is 7.18. The number of carbonyl (C=O) groups excluding carboxylic acids is 1. The molecule has 10 heteroatoms. The summed E-state index contributed by atoms with van der Waals surface area (Å²) in [4.78, 5) is 18.3. The molecule has 2 aliphatic rings. The summed E-state index contributed by atoms with van der Waals surface area (Å²) in [6, 6.07) is 14.0. The summed E-state index contributed by atoms with van der Waals surface area (Å²) in [5.74, 6) is 0.862. The first-order chi connectivity index (χ1) is 14.3. The third kappa shape index (κ3) is 3.61. The van der Waals surface area contributed by atoms with Crippen molar-refractivity contribution in [2.45, 2.75) is 18.5 Å². The number of aromatic nitrogens is 4. The second kappa shape index (κ2) is 7.90. The van der Waals surface area contributed by atoms with Crippen LogP contribution in [0.5, 0.6) is 0 Å². The number of anilines is 1. The normalized spacial score (nSPS) is 22.2. The van der Waals surface area contributed by atoms with E-state index in [9.17, 15) is 4.79 Å². The predicted molar refractivity (Wildman–Crippen MR) is 110 cm³/mol. The maximum absolute atomic E-state index is 13.0. The predicted octanol–water partition coefficient (Wildman–Crippen LogP) is 0.980. The molecule has 2 unspecified atom stereocenters. The third-order valence-electron chi connectivity index (χ3n) is 5.42. The number of benzene rings is 1. The number of para-hydroxylation sites is 1. The van der Waals surface area contributed by atoms with Gasteiger partial charge in [-0.25, -0.2) is 10.9 Å². The fourth-order valence-electron chi connectivity index (χ4n) is 3.86. The monoisotopic (exact) mass is 410 g/mol. The van der Waals surface area contributed by atoms with Crippen molar-refractivity contribution < 1.29 is 4.79 Å². The lowest BCUT2D eigenvalue weighted by Gasteiger charge is -2.35. The highest BCUT2D eigenvalue weighted by molar-refractivity contribution is 7.10. The summed E-state index contributed by atoms with van der Waals surface area (Å²) >= 11 is 1.71. The average molecular weight is 411 g/mol. The van der Waals surface area contributed by atoms with E-state index >= 15 is 0 Å². The molecule has 150 valence electrons. The van der Waals surface area contributed by atoms with E-state index in [2.05, 4.69) is 42.7 Å². The van der Waals surface area contributed by atoms with E-state index in [-0.39, 0.29) is 18.0 Å². The molecular weight excluding hydrogens is 388 g/mol. The topological polar surface area (TPSA) is 91.2 Å². The Bertz CT molecular complexity index is 952. The van der Waals surface area contributed by atoms with Crippen LogP contribution in [0.1, 0.15) is 17.3 Å². The molecule has 4 heterocycles. The van der Waals surface area contributed by atoms with Gasteiger partial charge in [0.25, 0.3) is 0 Å². The van der Waals surface area contributed by atoms with E-state index in [1.807, 2.05) is 41.3 Å². The second-order valence-corrected chi connectivity index (χ2v) is 8.16. The van der Waals surface area contributed by atoms with E-state index in [0.717, 1.165) is 12.1 Å². The Labute approximate surface area is 172 Å². The minimum Gasteiger partial charge on any atom is -0.338 e. The average Bonchev–Trinajstić information content (AvgIpc) is 3.55. The minimum atomic E-state index is -0.191. The molecule has 0 aliphatic carbocycles. The van der Waals surface area contributed by atoms with Crippen molar-refractivity contribution in [3.8, 4) is 5.69 Å². The number of thiophene rings is 1. The molecule has 9 nitrogen and oxygen atoms in total. The molecule has 0 saturated carbocycles. The van der Waals surface area contributed by atoms with Crippen LogP contribution >= 0.6 is 11.3 Å². The van der Waals surface area contributed by atoms with Crippen molar-refractivity contribution in [3.63, 3.8) is 0 Å². The summed E-state index contributed by atoms with van der Waals surface area (Å²) in [5, 5.41) is 14.2. The van der Waals surface area contributed by atoms with Gasteiger partial charge in [0.2, 0.25) is 11.9 Å². The SMILES string of the molecule is O=C(C1CC(c2cccs2)NN1)N1CCN(c2nnnn2-c2ccccc2)CC1. The van der Waals surface area contributed by atoms with Crippen molar-refractivity contribution in [1.29, 1.82) is 0 Å². The Morgan fingerprint density at radius 3 is 2.62 bits per heavy atom. The van der Waals surface area contributed by atoms with Crippen LogP contribution in [0.25, 0.3) is 5.69 Å². The molecule has 2 saturated heterocycles. The van der Waals surface area contributed by atoms with E-state index < -0.39 is 0 Å². The van der Waals surface area contributed by atoms with Gasteiger partial charge in [-0.1, -0.05) is 29.4 Å². The summed E-state index contributed by atoms with van der Waals surface area (Å²) in [5.41, 5.74) is 7.36. The van der Waals surface area contributed by atoms with Crippen LogP contribution in [0.15, 0.2) is 47.8 Å². The van der Waals surface area contributed by atoms with E-state index in [0.29, 0.717) is 32.1 Å². The van der Waals surface area contributed by atoms with Gasteiger partial charge in [0.1, 0.15) is 6.04 Å². The third-order valence-corrected chi connectivity index (χ3v) is 6.40. The van der Waals surface area contributed by atoms with Crippen LogP contribution in [0.3, 0.4) is 0 Å². The van der Waals surface area contributed by atoms with Gasteiger partial charge in [-0.05, 0) is 40.4 Å². The Morgan fingerprint density at radius 1 is 1.03 bits per heavy atom. The maximum atomic E-state index is 13.0. The number of tetrazole rings is 1. The summed E-state index contributed by atoms with van der Waals surface area (Å²) in [6.07, 6.45) is 0.770. The van der Waals surface area contributed by atoms with Gasteiger partial charge in [0.15, 0.2) is 0 Å². The van der Waals surface area contributed by atoms with Crippen molar-refractivity contribution in [2.24, 2.45) is 0 Å². The van der Waals surface area contributed by atoms with Gasteiger partial charge < -0.3 is 9.80 Å².